The maximum absolute atomic E-state index is 12.8. The van der Waals surface area contributed by atoms with E-state index in [1.165, 1.54) is 129 Å². The van der Waals surface area contributed by atoms with Crippen LogP contribution in [0.2, 0.25) is 0 Å². The van der Waals surface area contributed by atoms with Gasteiger partial charge in [-0.1, -0.05) is 168 Å². The smallest absolute Gasteiger partial charge is 0.386 e. The molecule has 8 unspecified atom stereocenters. The van der Waals surface area contributed by atoms with E-state index < -0.39 is 84.6 Å². The fourth-order valence-corrected chi connectivity index (χ4v) is 12.0. The number of nitrogens with zero attached hydrogens (tertiary/aromatic N) is 4. The zero-order valence-corrected chi connectivity index (χ0v) is 47.7. The molecule has 0 radical (unpaired) electrons. The van der Waals surface area contributed by atoms with Crippen LogP contribution in [-0.4, -0.2) is 123 Å². The molecule has 1 aliphatic rings. The summed E-state index contributed by atoms with van der Waals surface area (Å²) >= 11 is 1.16. The number of imidazole rings is 1. The summed E-state index contributed by atoms with van der Waals surface area (Å²) < 4.78 is 62.6. The van der Waals surface area contributed by atoms with Crippen LogP contribution in [0.15, 0.2) is 12.7 Å². The number of hydrogen-bond acceptors (Lipinski definition) is 18. The third-order valence-electron chi connectivity index (χ3n) is 12.9. The molecule has 8 atom stereocenters. The van der Waals surface area contributed by atoms with Crippen molar-refractivity contribution in [2.24, 2.45) is 11.3 Å². The fourth-order valence-electron chi connectivity index (χ4n) is 8.49. The van der Waals surface area contributed by atoms with Crippen molar-refractivity contribution in [2.75, 3.05) is 37.8 Å². The van der Waals surface area contributed by atoms with Gasteiger partial charge in [0.15, 0.2) is 22.8 Å². The molecule has 0 aromatic carbocycles. The molecule has 24 nitrogen and oxygen atoms in total. The second-order valence-corrected chi connectivity index (χ2v) is 25.5. The maximum atomic E-state index is 12.8. The number of amides is 2. The van der Waals surface area contributed by atoms with Crippen molar-refractivity contribution in [1.29, 1.82) is 0 Å². The van der Waals surface area contributed by atoms with Crippen LogP contribution in [0.3, 0.4) is 0 Å². The summed E-state index contributed by atoms with van der Waals surface area (Å²) in [5.41, 5.74) is 4.30. The van der Waals surface area contributed by atoms with E-state index in [0.29, 0.717) is 18.1 Å². The second-order valence-electron chi connectivity index (χ2n) is 20.1. The van der Waals surface area contributed by atoms with Gasteiger partial charge in [0.1, 0.15) is 36.3 Å². The van der Waals surface area contributed by atoms with Gasteiger partial charge in [-0.15, -0.1) is 0 Å². The molecule has 10 N–H and O–H groups in total. The molecule has 0 saturated carbocycles. The number of aliphatic hydroxyl groups is 2. The van der Waals surface area contributed by atoms with Crippen LogP contribution in [0.25, 0.3) is 11.2 Å². The Morgan fingerprint density at radius 2 is 1.36 bits per heavy atom. The summed E-state index contributed by atoms with van der Waals surface area (Å²) in [6.07, 6.45) is 21.0. The molecule has 0 aliphatic carbocycles. The van der Waals surface area contributed by atoms with E-state index in [0.717, 1.165) is 48.2 Å². The van der Waals surface area contributed by atoms with Gasteiger partial charge in [0.25, 0.3) is 0 Å². The Bertz CT molecular complexity index is 2160. The Morgan fingerprint density at radius 1 is 0.800 bits per heavy atom. The Hall–Kier alpha value is -2.44. The number of nitrogens with one attached hydrogen (secondary N) is 2. The molecule has 1 fully saturated rings. The Morgan fingerprint density at radius 3 is 1.95 bits per heavy atom. The number of hydrogen-bond donors (Lipinski definition) is 9. The second kappa shape index (κ2) is 34.5. The number of thioether (sulfide) groups is 1. The molecule has 3 heterocycles. The number of ether oxygens (including phenoxy) is 1. The number of fused-ring (bicyclic) bond motifs is 1. The van der Waals surface area contributed by atoms with Gasteiger partial charge in [-0.2, -0.15) is 4.31 Å². The monoisotopic (exact) mass is 1150 g/mol. The lowest BCUT2D eigenvalue weighted by molar-refractivity contribution is -0.137. The molecule has 1 aliphatic heterocycles. The van der Waals surface area contributed by atoms with E-state index in [1.807, 2.05) is 0 Å². The van der Waals surface area contributed by atoms with Gasteiger partial charge >= 0.3 is 23.5 Å². The van der Waals surface area contributed by atoms with E-state index >= 15 is 0 Å². The number of aromatic nitrogens is 4. The van der Waals surface area contributed by atoms with E-state index in [2.05, 4.69) is 48.3 Å². The molecule has 2 amide bonds. The predicted octanol–water partition coefficient (Wildman–Crippen LogP) is 7.90. The number of nitrogens with two attached hydrogens (primary N) is 1. The molecule has 2 aromatic rings. The number of carbonyl (C=O) groups is 3. The molecule has 2 aromatic heterocycles. The topological polar surface area (TPSA) is 364 Å². The summed E-state index contributed by atoms with van der Waals surface area (Å²) in [7, 11) is -16.4. The molecule has 3 rings (SSSR count). The standard InChI is InChI=1S/C47H86N7O17P3S/c1-5-6-7-8-9-10-11-12-13-14-15-16-17-18-19-21-24-35(2)25-22-20-23-26-38(56)75-30-29-49-37(55)27-28-50-45(59)42(58)47(3,4)32-68-74(65,66)71-73(63,64)67-31-36-41(70-72(60,61)62)40(57)46(69-36)54-34-53-39-43(48)51-33-52-44(39)54/h33-36,40-42,46,57-58H,5-32H2,1-4H3,(H,49,55)(H,50,59)(H,63,64)(H,65,66)(H2,48,51,52)(H2,60,61,62). The number of aliphatic hydroxyl groups excluding tert-OH is 2. The first-order valence-corrected chi connectivity index (χ1v) is 32.0. The highest BCUT2D eigenvalue weighted by atomic mass is 32.2. The molecule has 0 spiro atoms. The summed E-state index contributed by atoms with van der Waals surface area (Å²) in [4.78, 5) is 88.8. The Labute approximate surface area is 446 Å². The van der Waals surface area contributed by atoms with Crippen LogP contribution < -0.4 is 16.4 Å². The lowest BCUT2D eigenvalue weighted by atomic mass is 9.87. The number of phosphoric ester groups is 3. The first-order valence-electron chi connectivity index (χ1n) is 26.5. The van der Waals surface area contributed by atoms with Crippen molar-refractivity contribution in [2.45, 2.75) is 206 Å². The number of phosphoric acid groups is 3. The lowest BCUT2D eigenvalue weighted by Crippen LogP contribution is -2.46. The lowest BCUT2D eigenvalue weighted by Gasteiger charge is -2.30. The Kier molecular flexibility index (Phi) is 30.8. The quantitative estimate of drug-likeness (QED) is 0.0225. The van der Waals surface area contributed by atoms with Crippen LogP contribution in [0.4, 0.5) is 5.82 Å². The highest BCUT2D eigenvalue weighted by molar-refractivity contribution is 8.13. The van der Waals surface area contributed by atoms with Crippen LogP contribution >= 0.6 is 35.2 Å². The molecule has 28 heteroatoms. The van der Waals surface area contributed by atoms with Gasteiger partial charge in [-0.25, -0.2) is 28.6 Å². The molecular weight excluding hydrogens is 1060 g/mol. The van der Waals surface area contributed by atoms with Gasteiger partial charge in [0.2, 0.25) is 11.8 Å². The first kappa shape index (κ1) is 66.8. The van der Waals surface area contributed by atoms with Crippen molar-refractivity contribution in [3.8, 4) is 0 Å². The SMILES string of the molecule is CCCCCCCCCCCCCCCCCCC(C)CCCCCC(=O)SCCNC(=O)CCNC(=O)C(O)C(C)(C)COP(=O)(O)OP(=O)(O)OCC1OC(n2cnc3c(N)ncnc32)C(O)C1OP(=O)(O)O. The third kappa shape index (κ3) is 26.8. The summed E-state index contributed by atoms with van der Waals surface area (Å²) in [5.74, 6) is -0.319. The van der Waals surface area contributed by atoms with Gasteiger partial charge in [-0.3, -0.25) is 32.5 Å². The maximum Gasteiger partial charge on any atom is 0.481 e. The van der Waals surface area contributed by atoms with Gasteiger partial charge < -0.3 is 50.9 Å². The zero-order chi connectivity index (χ0) is 55.5. The van der Waals surface area contributed by atoms with Crippen molar-refractivity contribution < 1.29 is 80.5 Å². The van der Waals surface area contributed by atoms with Crippen molar-refractivity contribution in [3.05, 3.63) is 12.7 Å². The average Bonchev–Trinajstić information content (AvgIpc) is 3.90. The molecule has 75 heavy (non-hydrogen) atoms. The minimum Gasteiger partial charge on any atom is -0.386 e. The molecule has 432 valence electrons. The average molecular weight is 1150 g/mol. The highest BCUT2D eigenvalue weighted by Gasteiger charge is 2.50. The van der Waals surface area contributed by atoms with Crippen molar-refractivity contribution >= 4 is 69.1 Å². The number of carbonyl (C=O) groups excluding carboxylic acids is 3. The van der Waals surface area contributed by atoms with Crippen LogP contribution in [0.5, 0.6) is 0 Å². The third-order valence-corrected chi connectivity index (χ3v) is 16.9. The van der Waals surface area contributed by atoms with E-state index in [1.54, 1.807) is 0 Å². The fraction of sp³-hybridized carbons (Fsp3) is 0.830. The van der Waals surface area contributed by atoms with E-state index in [9.17, 15) is 57.9 Å². The minimum absolute atomic E-state index is 0.0345. The van der Waals surface area contributed by atoms with Gasteiger partial charge in [-0.05, 0) is 12.3 Å². The number of nitrogen functional groups attached to an aromatic ring is 1. The minimum atomic E-state index is -5.58. The number of rotatable bonds is 42. The summed E-state index contributed by atoms with van der Waals surface area (Å²) in [6, 6.07) is 0. The van der Waals surface area contributed by atoms with Gasteiger partial charge in [0.05, 0.1) is 19.5 Å². The summed E-state index contributed by atoms with van der Waals surface area (Å²) in [6.45, 7) is 5.18. The number of anilines is 1. The number of unbranched alkanes of at least 4 members (excludes halogenated alkanes) is 17. The van der Waals surface area contributed by atoms with Gasteiger partial charge in [0, 0.05) is 37.1 Å². The van der Waals surface area contributed by atoms with Crippen LogP contribution in [-0.2, 0) is 50.7 Å². The predicted molar refractivity (Wildman–Crippen MR) is 284 cm³/mol. The summed E-state index contributed by atoms with van der Waals surface area (Å²) in [5, 5.41) is 26.8. The molecule has 0 bridgehead atoms. The van der Waals surface area contributed by atoms with Crippen LogP contribution in [0.1, 0.15) is 182 Å². The van der Waals surface area contributed by atoms with Crippen LogP contribution in [0, 0.1) is 11.3 Å². The normalized spacial score (nSPS) is 19.7. The molecule has 1 saturated heterocycles. The van der Waals surface area contributed by atoms with E-state index in [-0.39, 0.29) is 41.6 Å². The Balaban J connectivity index is 1.22. The first-order chi connectivity index (χ1) is 35.4. The molecular formula is C47H86N7O17P3S. The van der Waals surface area contributed by atoms with Crippen molar-refractivity contribution in [1.82, 2.24) is 30.2 Å². The van der Waals surface area contributed by atoms with Crippen molar-refractivity contribution in [3.63, 3.8) is 0 Å². The zero-order valence-electron chi connectivity index (χ0n) is 44.2. The largest absolute Gasteiger partial charge is 0.481 e. The van der Waals surface area contributed by atoms with E-state index in [4.69, 9.17) is 19.5 Å². The highest BCUT2D eigenvalue weighted by Crippen LogP contribution is 2.61.